The van der Waals surface area contributed by atoms with Crippen LogP contribution in [0, 0.1) is 6.92 Å². The van der Waals surface area contributed by atoms with Crippen LogP contribution in [0.3, 0.4) is 0 Å². The van der Waals surface area contributed by atoms with Crippen LogP contribution >= 0.6 is 0 Å². The summed E-state index contributed by atoms with van der Waals surface area (Å²) >= 11 is 0. The molecule has 0 amide bonds. The minimum Gasteiger partial charge on any atom is -0.493 e. The maximum absolute atomic E-state index is 13.2. The van der Waals surface area contributed by atoms with E-state index in [1.807, 2.05) is 61.5 Å². The number of ketones is 1. The van der Waals surface area contributed by atoms with Gasteiger partial charge in [-0.15, -0.1) is 0 Å². The van der Waals surface area contributed by atoms with E-state index < -0.39 is 12.0 Å². The van der Waals surface area contributed by atoms with Crippen molar-refractivity contribution in [3.8, 4) is 5.75 Å². The van der Waals surface area contributed by atoms with Crippen molar-refractivity contribution in [2.75, 3.05) is 37.0 Å². The van der Waals surface area contributed by atoms with Crippen molar-refractivity contribution in [2.24, 2.45) is 0 Å². The van der Waals surface area contributed by atoms with Crippen LogP contribution in [0.25, 0.3) is 0 Å². The van der Waals surface area contributed by atoms with Crippen LogP contribution in [0.2, 0.25) is 0 Å². The fourth-order valence-corrected chi connectivity index (χ4v) is 5.16. The second-order valence-electron chi connectivity index (χ2n) is 10.5. The number of oxazole rings is 1. The Hall–Kier alpha value is -4.59. The van der Waals surface area contributed by atoms with Crippen molar-refractivity contribution in [1.82, 2.24) is 4.98 Å². The molecule has 0 spiro atoms. The molecule has 0 aliphatic carbocycles. The van der Waals surface area contributed by atoms with E-state index in [0.717, 1.165) is 35.9 Å². The van der Waals surface area contributed by atoms with Gasteiger partial charge in [0.05, 0.1) is 19.4 Å². The summed E-state index contributed by atoms with van der Waals surface area (Å²) in [4.78, 5) is 32.8. The summed E-state index contributed by atoms with van der Waals surface area (Å²) in [5.41, 5.74) is 3.50. The molecule has 1 unspecified atom stereocenters. The normalized spacial score (nSPS) is 13.8. The van der Waals surface area contributed by atoms with Gasteiger partial charge in [-0.05, 0) is 56.0 Å². The molecule has 1 atom stereocenters. The molecule has 3 aromatic carbocycles. The lowest BCUT2D eigenvalue weighted by Gasteiger charge is -2.24. The Morgan fingerprint density at radius 3 is 2.40 bits per heavy atom. The first-order valence-corrected chi connectivity index (χ1v) is 14.5. The highest BCUT2D eigenvalue weighted by Gasteiger charge is 2.23. The standard InChI is InChI=1S/C34H37N3O5/c1-24-29(36-34(42-24)37-20-9-4-10-21-37)19-22-41-27-17-15-25(16-18-27)23-31(33(39)40-2)35-30-14-8-7-13-28(30)32(38)26-11-5-3-6-12-26/h3,5-8,11-18,31,35H,4,9-10,19-23H2,1-2H3. The summed E-state index contributed by atoms with van der Waals surface area (Å²) in [7, 11) is 1.36. The number of hydrogen-bond acceptors (Lipinski definition) is 8. The Bertz CT molecular complexity index is 1480. The largest absolute Gasteiger partial charge is 0.493 e. The van der Waals surface area contributed by atoms with Gasteiger partial charge in [0.2, 0.25) is 0 Å². The van der Waals surface area contributed by atoms with E-state index in [4.69, 9.17) is 18.9 Å². The minimum atomic E-state index is -0.685. The van der Waals surface area contributed by atoms with E-state index in [2.05, 4.69) is 10.2 Å². The molecule has 1 aromatic heterocycles. The van der Waals surface area contributed by atoms with E-state index in [0.29, 0.717) is 42.3 Å². The molecule has 0 bridgehead atoms. The highest BCUT2D eigenvalue weighted by molar-refractivity contribution is 6.12. The van der Waals surface area contributed by atoms with Gasteiger partial charge < -0.3 is 24.1 Å². The number of ether oxygens (including phenoxy) is 2. The number of aromatic nitrogens is 1. The average Bonchev–Trinajstić information content (AvgIpc) is 3.42. The zero-order valence-corrected chi connectivity index (χ0v) is 24.2. The van der Waals surface area contributed by atoms with Crippen LogP contribution in [0.4, 0.5) is 11.7 Å². The first-order chi connectivity index (χ1) is 20.5. The molecule has 1 N–H and O–H groups in total. The Labute approximate surface area is 246 Å². The number of aryl methyl sites for hydroxylation is 1. The van der Waals surface area contributed by atoms with E-state index in [9.17, 15) is 9.59 Å². The summed E-state index contributed by atoms with van der Waals surface area (Å²) in [5.74, 6) is 1.04. The predicted octanol–water partition coefficient (Wildman–Crippen LogP) is 6.02. The second kappa shape index (κ2) is 13.9. The number of nitrogens with one attached hydrogen (secondary N) is 1. The smallest absolute Gasteiger partial charge is 0.328 e. The maximum Gasteiger partial charge on any atom is 0.328 e. The fourth-order valence-electron chi connectivity index (χ4n) is 5.16. The molecule has 8 heteroatoms. The van der Waals surface area contributed by atoms with Gasteiger partial charge in [-0.25, -0.2) is 4.79 Å². The summed E-state index contributed by atoms with van der Waals surface area (Å²) in [6, 6.07) is 24.0. The van der Waals surface area contributed by atoms with Gasteiger partial charge in [-0.2, -0.15) is 4.98 Å². The molecule has 5 rings (SSSR count). The van der Waals surface area contributed by atoms with Crippen molar-refractivity contribution in [2.45, 2.75) is 45.1 Å². The van der Waals surface area contributed by atoms with Gasteiger partial charge in [0, 0.05) is 42.7 Å². The topological polar surface area (TPSA) is 93.9 Å². The molecular weight excluding hydrogens is 530 g/mol. The Morgan fingerprint density at radius 1 is 0.952 bits per heavy atom. The van der Waals surface area contributed by atoms with Gasteiger partial charge in [0.25, 0.3) is 6.01 Å². The fraction of sp³-hybridized carbons (Fsp3) is 0.324. The van der Waals surface area contributed by atoms with E-state index >= 15 is 0 Å². The third kappa shape index (κ3) is 7.18. The number of para-hydroxylation sites is 1. The van der Waals surface area contributed by atoms with Crippen molar-refractivity contribution in [3.05, 3.63) is 107 Å². The molecule has 0 radical (unpaired) electrons. The molecule has 8 nitrogen and oxygen atoms in total. The SMILES string of the molecule is COC(=O)C(Cc1ccc(OCCc2nc(N3CCCCC3)oc2C)cc1)Nc1ccccc1C(=O)c1ccccc1. The number of esters is 1. The first-order valence-electron chi connectivity index (χ1n) is 14.5. The molecule has 1 fully saturated rings. The number of hydrogen-bond donors (Lipinski definition) is 1. The Balaban J connectivity index is 1.19. The van der Waals surface area contributed by atoms with Crippen molar-refractivity contribution >= 4 is 23.5 Å². The van der Waals surface area contributed by atoms with Crippen LogP contribution in [0.5, 0.6) is 5.75 Å². The van der Waals surface area contributed by atoms with Crippen LogP contribution in [0.15, 0.2) is 83.3 Å². The Kier molecular flexibility index (Phi) is 9.54. The average molecular weight is 568 g/mol. The molecule has 4 aromatic rings. The quantitative estimate of drug-likeness (QED) is 0.164. The number of carbonyl (C=O) groups is 2. The predicted molar refractivity (Wildman–Crippen MR) is 162 cm³/mol. The zero-order chi connectivity index (χ0) is 29.3. The molecule has 1 aliphatic heterocycles. The van der Waals surface area contributed by atoms with Gasteiger partial charge in [0.1, 0.15) is 17.6 Å². The molecule has 2 heterocycles. The highest BCUT2D eigenvalue weighted by atomic mass is 16.5. The van der Waals surface area contributed by atoms with Crippen LogP contribution in [-0.2, 0) is 22.4 Å². The number of methoxy groups -OCH3 is 1. The molecular formula is C34H37N3O5. The second-order valence-corrected chi connectivity index (χ2v) is 10.5. The number of rotatable bonds is 12. The third-order valence-electron chi connectivity index (χ3n) is 7.50. The maximum atomic E-state index is 13.2. The summed E-state index contributed by atoms with van der Waals surface area (Å²) < 4.78 is 17.0. The third-order valence-corrected chi connectivity index (χ3v) is 7.50. The van der Waals surface area contributed by atoms with E-state index in [1.54, 1.807) is 24.3 Å². The molecule has 218 valence electrons. The van der Waals surface area contributed by atoms with Crippen molar-refractivity contribution in [1.29, 1.82) is 0 Å². The number of piperidine rings is 1. The van der Waals surface area contributed by atoms with Crippen molar-refractivity contribution < 1.29 is 23.5 Å². The van der Waals surface area contributed by atoms with Crippen LogP contribution in [-0.4, -0.2) is 49.6 Å². The number of nitrogens with zero attached hydrogens (tertiary/aromatic N) is 2. The monoisotopic (exact) mass is 567 g/mol. The molecule has 42 heavy (non-hydrogen) atoms. The van der Waals surface area contributed by atoms with Gasteiger partial charge in [-0.3, -0.25) is 4.79 Å². The molecule has 0 saturated carbocycles. The number of benzene rings is 3. The van der Waals surface area contributed by atoms with E-state index in [-0.39, 0.29) is 5.78 Å². The highest BCUT2D eigenvalue weighted by Crippen LogP contribution is 2.24. The molecule has 1 saturated heterocycles. The van der Waals surface area contributed by atoms with Gasteiger partial charge in [-0.1, -0.05) is 54.6 Å². The number of anilines is 2. The number of carbonyl (C=O) groups excluding carboxylic acids is 2. The van der Waals surface area contributed by atoms with E-state index in [1.165, 1.54) is 26.4 Å². The van der Waals surface area contributed by atoms with Gasteiger partial charge in [0.15, 0.2) is 5.78 Å². The first kappa shape index (κ1) is 28.9. The summed E-state index contributed by atoms with van der Waals surface area (Å²) in [6.45, 7) is 4.41. The Morgan fingerprint density at radius 2 is 1.67 bits per heavy atom. The van der Waals surface area contributed by atoms with Crippen LogP contribution < -0.4 is 15.0 Å². The summed E-state index contributed by atoms with van der Waals surface area (Å²) in [6.07, 6.45) is 4.64. The lowest BCUT2D eigenvalue weighted by Crippen LogP contribution is -2.33. The molecule has 1 aliphatic rings. The van der Waals surface area contributed by atoms with Gasteiger partial charge >= 0.3 is 5.97 Å². The zero-order valence-electron chi connectivity index (χ0n) is 24.2. The minimum absolute atomic E-state index is 0.118. The lowest BCUT2D eigenvalue weighted by molar-refractivity contribution is -0.141. The van der Waals surface area contributed by atoms with Crippen LogP contribution in [0.1, 0.15) is 52.2 Å². The van der Waals surface area contributed by atoms with Crippen molar-refractivity contribution in [3.63, 3.8) is 0 Å². The summed E-state index contributed by atoms with van der Waals surface area (Å²) in [5, 5.41) is 3.25. The lowest BCUT2D eigenvalue weighted by atomic mass is 10.00.